The molecule has 5 heterocycles. The van der Waals surface area contributed by atoms with Crippen LogP contribution >= 0.6 is 11.3 Å². The zero-order valence-electron chi connectivity index (χ0n) is 16.4. The molecule has 0 N–H and O–H groups in total. The van der Waals surface area contributed by atoms with Gasteiger partial charge in [0.1, 0.15) is 20.9 Å². The van der Waals surface area contributed by atoms with Gasteiger partial charge in [-0.1, -0.05) is 0 Å². The SMILES string of the molecule is C1CCc2c(c(N3CCOCC3)nc3sc4c(N5CCOCC5)nnnc4c23)C1. The van der Waals surface area contributed by atoms with E-state index in [0.29, 0.717) is 0 Å². The number of anilines is 2. The van der Waals surface area contributed by atoms with Gasteiger partial charge in [-0.25, -0.2) is 4.98 Å². The minimum Gasteiger partial charge on any atom is -0.378 e. The fourth-order valence-electron chi connectivity index (χ4n) is 4.77. The van der Waals surface area contributed by atoms with Crippen LogP contribution in [0.2, 0.25) is 0 Å². The van der Waals surface area contributed by atoms with Gasteiger partial charge in [0, 0.05) is 31.6 Å². The molecule has 29 heavy (non-hydrogen) atoms. The number of aryl methyl sites for hydroxylation is 1. The van der Waals surface area contributed by atoms with Crippen LogP contribution < -0.4 is 9.80 Å². The molecule has 9 heteroatoms. The summed E-state index contributed by atoms with van der Waals surface area (Å²) in [6.45, 7) is 6.51. The highest BCUT2D eigenvalue weighted by Crippen LogP contribution is 2.43. The maximum absolute atomic E-state index is 5.57. The normalized spacial score (nSPS) is 20.4. The van der Waals surface area contributed by atoms with Crippen molar-refractivity contribution in [3.63, 3.8) is 0 Å². The van der Waals surface area contributed by atoms with Gasteiger partial charge < -0.3 is 19.3 Å². The Bertz CT molecular complexity index is 1060. The maximum Gasteiger partial charge on any atom is 0.172 e. The molecule has 6 rings (SSSR count). The number of ether oxygens (including phenoxy) is 2. The largest absolute Gasteiger partial charge is 0.378 e. The van der Waals surface area contributed by atoms with Gasteiger partial charge in [0.05, 0.1) is 26.4 Å². The molecule has 0 amide bonds. The number of fused-ring (bicyclic) bond motifs is 5. The third-order valence-electron chi connectivity index (χ3n) is 6.22. The number of hydrogen-bond donors (Lipinski definition) is 0. The Morgan fingerprint density at radius 3 is 2.14 bits per heavy atom. The lowest BCUT2D eigenvalue weighted by atomic mass is 9.90. The minimum absolute atomic E-state index is 0.727. The van der Waals surface area contributed by atoms with Crippen molar-refractivity contribution < 1.29 is 9.47 Å². The number of pyridine rings is 1. The number of morpholine rings is 2. The molecule has 2 aliphatic heterocycles. The van der Waals surface area contributed by atoms with Gasteiger partial charge in [0.25, 0.3) is 0 Å². The number of hydrogen-bond acceptors (Lipinski definition) is 9. The van der Waals surface area contributed by atoms with Gasteiger partial charge in [-0.3, -0.25) is 0 Å². The molecule has 0 atom stereocenters. The van der Waals surface area contributed by atoms with E-state index in [1.165, 1.54) is 29.4 Å². The molecule has 3 aromatic rings. The smallest absolute Gasteiger partial charge is 0.172 e. The van der Waals surface area contributed by atoms with Crippen molar-refractivity contribution in [2.24, 2.45) is 0 Å². The second kappa shape index (κ2) is 7.30. The van der Waals surface area contributed by atoms with Crippen LogP contribution in [0.5, 0.6) is 0 Å². The lowest BCUT2D eigenvalue weighted by molar-refractivity contribution is 0.122. The van der Waals surface area contributed by atoms with E-state index in [1.54, 1.807) is 11.3 Å². The monoisotopic (exact) mass is 412 g/mol. The number of thiophene rings is 1. The lowest BCUT2D eigenvalue weighted by Crippen LogP contribution is -2.37. The topological polar surface area (TPSA) is 76.5 Å². The first-order valence-electron chi connectivity index (χ1n) is 10.5. The summed E-state index contributed by atoms with van der Waals surface area (Å²) in [5.41, 5.74) is 3.82. The maximum atomic E-state index is 5.57. The fraction of sp³-hybridized carbons (Fsp3) is 0.600. The van der Waals surface area contributed by atoms with Gasteiger partial charge >= 0.3 is 0 Å². The van der Waals surface area contributed by atoms with E-state index in [1.807, 2.05) is 0 Å². The van der Waals surface area contributed by atoms with E-state index < -0.39 is 0 Å². The van der Waals surface area contributed by atoms with Gasteiger partial charge in [-0.2, -0.15) is 0 Å². The summed E-state index contributed by atoms with van der Waals surface area (Å²) in [6.07, 6.45) is 4.64. The van der Waals surface area contributed by atoms with Gasteiger partial charge in [-0.05, 0) is 42.0 Å². The van der Waals surface area contributed by atoms with Crippen molar-refractivity contribution in [2.75, 3.05) is 62.4 Å². The summed E-state index contributed by atoms with van der Waals surface area (Å²) in [5, 5.41) is 14.3. The summed E-state index contributed by atoms with van der Waals surface area (Å²) in [4.78, 5) is 10.9. The van der Waals surface area contributed by atoms with Crippen LogP contribution in [-0.2, 0) is 22.3 Å². The zero-order valence-corrected chi connectivity index (χ0v) is 17.2. The fourth-order valence-corrected chi connectivity index (χ4v) is 5.92. The van der Waals surface area contributed by atoms with Crippen LogP contribution in [0.4, 0.5) is 11.6 Å². The molecule has 0 aromatic carbocycles. The highest BCUT2D eigenvalue weighted by atomic mass is 32.1. The van der Waals surface area contributed by atoms with Crippen molar-refractivity contribution >= 4 is 43.4 Å². The Morgan fingerprint density at radius 1 is 0.759 bits per heavy atom. The Labute approximate surface area is 172 Å². The third-order valence-corrected chi connectivity index (χ3v) is 7.29. The molecule has 2 fully saturated rings. The molecular formula is C20H24N6O2S. The summed E-state index contributed by atoms with van der Waals surface area (Å²) >= 11 is 1.72. The molecule has 0 saturated carbocycles. The first-order chi connectivity index (χ1) is 14.4. The Morgan fingerprint density at radius 2 is 1.41 bits per heavy atom. The summed E-state index contributed by atoms with van der Waals surface area (Å²) in [7, 11) is 0. The minimum atomic E-state index is 0.727. The summed E-state index contributed by atoms with van der Waals surface area (Å²) < 4.78 is 12.2. The highest BCUT2D eigenvalue weighted by molar-refractivity contribution is 7.26. The van der Waals surface area contributed by atoms with E-state index in [4.69, 9.17) is 14.5 Å². The van der Waals surface area contributed by atoms with Crippen LogP contribution in [0.25, 0.3) is 20.4 Å². The van der Waals surface area contributed by atoms with E-state index in [2.05, 4.69) is 25.2 Å². The molecule has 1 aliphatic carbocycles. The summed E-state index contributed by atoms with van der Waals surface area (Å²) in [5.74, 6) is 2.09. The van der Waals surface area contributed by atoms with Crippen LogP contribution in [0.1, 0.15) is 24.0 Å². The molecule has 8 nitrogen and oxygen atoms in total. The molecule has 152 valence electrons. The molecule has 0 unspecified atom stereocenters. The molecule has 3 aromatic heterocycles. The Balaban J connectivity index is 1.57. The van der Waals surface area contributed by atoms with Crippen molar-refractivity contribution in [3.8, 4) is 0 Å². The van der Waals surface area contributed by atoms with E-state index in [-0.39, 0.29) is 0 Å². The van der Waals surface area contributed by atoms with Crippen LogP contribution in [-0.4, -0.2) is 73.0 Å². The average Bonchev–Trinajstić information content (AvgIpc) is 3.18. The van der Waals surface area contributed by atoms with Crippen molar-refractivity contribution in [2.45, 2.75) is 25.7 Å². The van der Waals surface area contributed by atoms with Crippen molar-refractivity contribution in [1.29, 1.82) is 0 Å². The Hall–Kier alpha value is -2.10. The van der Waals surface area contributed by atoms with Gasteiger partial charge in [0.15, 0.2) is 5.82 Å². The van der Waals surface area contributed by atoms with Crippen LogP contribution in [0.15, 0.2) is 0 Å². The number of nitrogens with zero attached hydrogens (tertiary/aromatic N) is 6. The first-order valence-corrected chi connectivity index (χ1v) is 11.3. The summed E-state index contributed by atoms with van der Waals surface area (Å²) in [6, 6.07) is 0. The van der Waals surface area contributed by atoms with Crippen LogP contribution in [0.3, 0.4) is 0 Å². The van der Waals surface area contributed by atoms with E-state index in [9.17, 15) is 0 Å². The number of aromatic nitrogens is 4. The van der Waals surface area contributed by atoms with Gasteiger partial charge in [-0.15, -0.1) is 21.5 Å². The lowest BCUT2D eigenvalue weighted by Gasteiger charge is -2.31. The first kappa shape index (κ1) is 17.7. The van der Waals surface area contributed by atoms with E-state index >= 15 is 0 Å². The molecular weight excluding hydrogens is 388 g/mol. The quantitative estimate of drug-likeness (QED) is 0.634. The molecule has 2 saturated heterocycles. The molecule has 3 aliphatic rings. The predicted molar refractivity (Wildman–Crippen MR) is 113 cm³/mol. The van der Waals surface area contributed by atoms with Gasteiger partial charge in [0.2, 0.25) is 0 Å². The highest BCUT2D eigenvalue weighted by Gasteiger charge is 2.27. The number of rotatable bonds is 2. The van der Waals surface area contributed by atoms with Crippen molar-refractivity contribution in [3.05, 3.63) is 11.1 Å². The predicted octanol–water partition coefficient (Wildman–Crippen LogP) is 2.19. The standard InChI is InChI=1S/C20H24N6O2S/c1-2-4-14-13(3-1)15-16-17(19(23-24-22-16)26-7-11-28-12-8-26)29-20(15)21-18(14)25-5-9-27-10-6-25/h1-12H2. The molecule has 0 bridgehead atoms. The molecule has 0 radical (unpaired) electrons. The Kier molecular flexibility index (Phi) is 4.46. The average molecular weight is 413 g/mol. The van der Waals surface area contributed by atoms with Crippen molar-refractivity contribution in [1.82, 2.24) is 20.4 Å². The second-order valence-electron chi connectivity index (χ2n) is 7.87. The second-order valence-corrected chi connectivity index (χ2v) is 8.87. The third kappa shape index (κ3) is 2.94. The van der Waals surface area contributed by atoms with Crippen LogP contribution in [0, 0.1) is 0 Å². The zero-order chi connectivity index (χ0) is 19.2. The van der Waals surface area contributed by atoms with E-state index in [0.717, 1.165) is 92.1 Å². The molecule has 0 spiro atoms.